The normalized spacial score (nSPS) is 11.1. The number of hydrogen-bond donors (Lipinski definition) is 2. The first-order chi connectivity index (χ1) is 14.0. The van der Waals surface area contributed by atoms with Crippen LogP contribution in [-0.2, 0) is 6.42 Å². The Hall–Kier alpha value is -3.57. The third-order valence-corrected chi connectivity index (χ3v) is 4.57. The molecule has 0 fully saturated rings. The van der Waals surface area contributed by atoms with Gasteiger partial charge in [-0.25, -0.2) is 0 Å². The van der Waals surface area contributed by atoms with Crippen molar-refractivity contribution in [3.63, 3.8) is 0 Å². The molecular weight excluding hydrogens is 360 g/mol. The molecule has 5 heteroatoms. The number of nitrogens with one attached hydrogen (secondary N) is 2. The number of nitriles is 2. The number of ether oxygens (including phenoxy) is 1. The molecular formula is C24H26N4O. The molecule has 29 heavy (non-hydrogen) atoms. The highest BCUT2D eigenvalue weighted by atomic mass is 16.5. The topological polar surface area (TPSA) is 92.7 Å². The van der Waals surface area contributed by atoms with E-state index in [4.69, 9.17) is 15.4 Å². The SMILES string of the molecule is CCCCOc1ccc(C/C(C(C)=N)=C(\C)Nc2ccc(C#N)c(C#N)c2)cc1. The first-order valence-corrected chi connectivity index (χ1v) is 9.66. The molecule has 0 radical (unpaired) electrons. The molecule has 0 unspecified atom stereocenters. The van der Waals surface area contributed by atoms with Crippen LogP contribution in [0.25, 0.3) is 0 Å². The number of benzene rings is 2. The fourth-order valence-electron chi connectivity index (χ4n) is 2.89. The van der Waals surface area contributed by atoms with Crippen LogP contribution < -0.4 is 10.1 Å². The summed E-state index contributed by atoms with van der Waals surface area (Å²) in [6.07, 6.45) is 2.76. The zero-order valence-electron chi connectivity index (χ0n) is 17.2. The zero-order valence-corrected chi connectivity index (χ0v) is 17.2. The second-order valence-corrected chi connectivity index (χ2v) is 6.86. The first kappa shape index (κ1) is 21.7. The van der Waals surface area contributed by atoms with Crippen molar-refractivity contribution in [1.29, 1.82) is 15.9 Å². The summed E-state index contributed by atoms with van der Waals surface area (Å²) in [4.78, 5) is 0. The average molecular weight is 386 g/mol. The van der Waals surface area contributed by atoms with Gasteiger partial charge in [-0.1, -0.05) is 25.5 Å². The van der Waals surface area contributed by atoms with E-state index >= 15 is 0 Å². The summed E-state index contributed by atoms with van der Waals surface area (Å²) in [5.41, 5.74) is 4.69. The molecule has 0 heterocycles. The Labute approximate surface area is 172 Å². The molecule has 2 N–H and O–H groups in total. The van der Waals surface area contributed by atoms with E-state index in [0.29, 0.717) is 23.3 Å². The summed E-state index contributed by atoms with van der Waals surface area (Å²) in [5.74, 6) is 0.857. The Bertz CT molecular complexity index is 975. The van der Waals surface area contributed by atoms with Crippen molar-refractivity contribution in [2.45, 2.75) is 40.0 Å². The molecule has 0 amide bonds. The van der Waals surface area contributed by atoms with E-state index in [0.717, 1.165) is 47.7 Å². The summed E-state index contributed by atoms with van der Waals surface area (Å²) >= 11 is 0. The molecule has 0 aliphatic carbocycles. The number of allylic oxidation sites excluding steroid dienone is 2. The number of hydrogen-bond acceptors (Lipinski definition) is 5. The molecule has 2 aromatic carbocycles. The fraction of sp³-hybridized carbons (Fsp3) is 0.292. The highest BCUT2D eigenvalue weighted by Gasteiger charge is 2.09. The monoisotopic (exact) mass is 386 g/mol. The zero-order chi connectivity index (χ0) is 21.2. The molecule has 148 valence electrons. The van der Waals surface area contributed by atoms with Crippen LogP contribution in [0.15, 0.2) is 53.7 Å². The van der Waals surface area contributed by atoms with Gasteiger partial charge in [-0.05, 0) is 61.7 Å². The highest BCUT2D eigenvalue weighted by Crippen LogP contribution is 2.21. The van der Waals surface area contributed by atoms with Crippen molar-refractivity contribution in [3.05, 3.63) is 70.4 Å². The molecule has 2 aromatic rings. The lowest BCUT2D eigenvalue weighted by Crippen LogP contribution is -2.09. The van der Waals surface area contributed by atoms with Crippen LogP contribution in [0.5, 0.6) is 5.75 Å². The second kappa shape index (κ2) is 10.7. The van der Waals surface area contributed by atoms with Crippen LogP contribution in [-0.4, -0.2) is 12.3 Å². The van der Waals surface area contributed by atoms with Gasteiger partial charge in [-0.15, -0.1) is 0 Å². The van der Waals surface area contributed by atoms with Crippen LogP contribution in [0.2, 0.25) is 0 Å². The van der Waals surface area contributed by atoms with Gasteiger partial charge in [-0.3, -0.25) is 0 Å². The van der Waals surface area contributed by atoms with Crippen molar-refractivity contribution in [2.75, 3.05) is 11.9 Å². The van der Waals surface area contributed by atoms with E-state index in [2.05, 4.69) is 12.2 Å². The van der Waals surface area contributed by atoms with Crippen molar-refractivity contribution in [3.8, 4) is 17.9 Å². The van der Waals surface area contributed by atoms with Crippen LogP contribution in [0, 0.1) is 28.1 Å². The predicted octanol–water partition coefficient (Wildman–Crippen LogP) is 5.58. The number of nitrogens with zero attached hydrogens (tertiary/aromatic N) is 2. The molecule has 0 saturated carbocycles. The summed E-state index contributed by atoms with van der Waals surface area (Å²) in [6.45, 7) is 6.54. The van der Waals surface area contributed by atoms with Crippen molar-refractivity contribution >= 4 is 11.4 Å². The first-order valence-electron chi connectivity index (χ1n) is 9.66. The van der Waals surface area contributed by atoms with E-state index in [-0.39, 0.29) is 0 Å². The number of rotatable bonds is 9. The van der Waals surface area contributed by atoms with Crippen LogP contribution in [0.3, 0.4) is 0 Å². The Morgan fingerprint density at radius 3 is 2.31 bits per heavy atom. The molecule has 0 aliphatic heterocycles. The van der Waals surface area contributed by atoms with E-state index in [9.17, 15) is 5.26 Å². The Morgan fingerprint density at radius 2 is 1.72 bits per heavy atom. The van der Waals surface area contributed by atoms with Crippen LogP contribution in [0.1, 0.15) is 50.3 Å². The maximum absolute atomic E-state index is 9.21. The molecule has 5 nitrogen and oxygen atoms in total. The largest absolute Gasteiger partial charge is 0.494 e. The quantitative estimate of drug-likeness (QED) is 0.435. The molecule has 0 aliphatic rings. The van der Waals surface area contributed by atoms with E-state index in [1.54, 1.807) is 25.1 Å². The van der Waals surface area contributed by atoms with Gasteiger partial charge in [0.15, 0.2) is 0 Å². The lowest BCUT2D eigenvalue weighted by atomic mass is 9.99. The molecule has 0 atom stereocenters. The van der Waals surface area contributed by atoms with Gasteiger partial charge in [0.25, 0.3) is 0 Å². The summed E-state index contributed by atoms with van der Waals surface area (Å²) in [7, 11) is 0. The minimum absolute atomic E-state index is 0.331. The third kappa shape index (κ3) is 6.23. The summed E-state index contributed by atoms with van der Waals surface area (Å²) < 4.78 is 5.71. The molecule has 0 spiro atoms. The Kier molecular flexibility index (Phi) is 8.00. The maximum atomic E-state index is 9.21. The van der Waals surface area contributed by atoms with Gasteiger partial charge in [-0.2, -0.15) is 10.5 Å². The second-order valence-electron chi connectivity index (χ2n) is 6.86. The molecule has 0 bridgehead atoms. The van der Waals surface area contributed by atoms with Crippen molar-refractivity contribution < 1.29 is 4.74 Å². The summed E-state index contributed by atoms with van der Waals surface area (Å²) in [5, 5.41) is 29.7. The van der Waals surface area contributed by atoms with Gasteiger partial charge >= 0.3 is 0 Å². The third-order valence-electron chi connectivity index (χ3n) is 4.57. The van der Waals surface area contributed by atoms with Crippen LogP contribution in [0.4, 0.5) is 5.69 Å². The maximum Gasteiger partial charge on any atom is 0.119 e. The van der Waals surface area contributed by atoms with Gasteiger partial charge in [0.2, 0.25) is 0 Å². The predicted molar refractivity (Wildman–Crippen MR) is 116 cm³/mol. The lowest BCUT2D eigenvalue weighted by Gasteiger charge is -2.15. The average Bonchev–Trinajstić information content (AvgIpc) is 2.72. The lowest BCUT2D eigenvalue weighted by molar-refractivity contribution is 0.309. The fourth-order valence-corrected chi connectivity index (χ4v) is 2.89. The minimum atomic E-state index is 0.331. The van der Waals surface area contributed by atoms with Crippen LogP contribution >= 0.6 is 0 Å². The smallest absolute Gasteiger partial charge is 0.119 e. The minimum Gasteiger partial charge on any atom is -0.494 e. The number of anilines is 1. The summed E-state index contributed by atoms with van der Waals surface area (Å²) in [6, 6.07) is 17.1. The Balaban J connectivity index is 2.17. The molecule has 2 rings (SSSR count). The highest BCUT2D eigenvalue weighted by molar-refractivity contribution is 5.97. The van der Waals surface area contributed by atoms with Crippen molar-refractivity contribution in [1.82, 2.24) is 0 Å². The van der Waals surface area contributed by atoms with E-state index in [1.165, 1.54) is 0 Å². The Morgan fingerprint density at radius 1 is 1.03 bits per heavy atom. The number of unbranched alkanes of at least 4 members (excludes halogenated alkanes) is 1. The standard InChI is InChI=1S/C24H26N4O/c1-4-5-12-29-23-10-6-19(7-11-23)13-24(17(2)27)18(3)28-22-9-8-20(15-25)21(14-22)16-26/h6-11,14,27-28H,4-5,12-13H2,1-3H3/b24-18-,27-17?. The van der Waals surface area contributed by atoms with Gasteiger partial charge < -0.3 is 15.5 Å². The van der Waals surface area contributed by atoms with E-state index < -0.39 is 0 Å². The van der Waals surface area contributed by atoms with Crippen molar-refractivity contribution in [2.24, 2.45) is 0 Å². The molecule has 0 aromatic heterocycles. The molecule has 0 saturated heterocycles. The van der Waals surface area contributed by atoms with Gasteiger partial charge in [0.05, 0.1) is 17.7 Å². The van der Waals surface area contributed by atoms with Gasteiger partial charge in [0, 0.05) is 23.5 Å². The van der Waals surface area contributed by atoms with E-state index in [1.807, 2.05) is 43.3 Å². The van der Waals surface area contributed by atoms with Gasteiger partial charge in [0.1, 0.15) is 17.9 Å².